The first kappa shape index (κ1) is 16.3. The smallest absolute Gasteiger partial charge is 0.234 e. The number of methoxy groups -OCH3 is 1. The second-order valence-electron chi connectivity index (χ2n) is 6.10. The molecule has 1 fully saturated rings. The third-order valence-electron chi connectivity index (χ3n) is 4.68. The number of hydrogen-bond acceptors (Lipinski definition) is 4. The van der Waals surface area contributed by atoms with Crippen molar-refractivity contribution in [1.29, 1.82) is 0 Å². The molecule has 1 atom stereocenters. The molecule has 1 saturated heterocycles. The van der Waals surface area contributed by atoms with Crippen LogP contribution < -0.4 is 9.64 Å². The minimum atomic E-state index is -0.462. The Kier molecular flexibility index (Phi) is 4.16. The SMILES string of the molecule is COc1cc(N2CCC(c3ccccc3F)C2=O)ccc1-c1cnco1. The van der Waals surface area contributed by atoms with E-state index in [1.54, 1.807) is 42.5 Å². The normalized spacial score (nSPS) is 16.9. The summed E-state index contributed by atoms with van der Waals surface area (Å²) >= 11 is 0. The maximum atomic E-state index is 14.1. The van der Waals surface area contributed by atoms with Crippen molar-refractivity contribution in [3.05, 3.63) is 66.4 Å². The van der Waals surface area contributed by atoms with Crippen molar-refractivity contribution in [2.24, 2.45) is 0 Å². The summed E-state index contributed by atoms with van der Waals surface area (Å²) in [5, 5.41) is 0. The molecule has 0 spiro atoms. The number of ether oxygens (including phenoxy) is 1. The van der Waals surface area contributed by atoms with E-state index in [0.717, 1.165) is 5.56 Å². The van der Waals surface area contributed by atoms with Crippen LogP contribution in [0.2, 0.25) is 0 Å². The van der Waals surface area contributed by atoms with E-state index in [-0.39, 0.29) is 11.7 Å². The average molecular weight is 352 g/mol. The van der Waals surface area contributed by atoms with E-state index in [1.165, 1.54) is 12.5 Å². The first-order valence-electron chi connectivity index (χ1n) is 8.31. The Morgan fingerprint density at radius 2 is 2.12 bits per heavy atom. The Balaban J connectivity index is 1.64. The van der Waals surface area contributed by atoms with E-state index in [0.29, 0.717) is 35.7 Å². The molecule has 2 heterocycles. The number of carbonyl (C=O) groups is 1. The molecule has 0 N–H and O–H groups in total. The molecule has 0 aliphatic carbocycles. The molecule has 1 aromatic heterocycles. The highest BCUT2D eigenvalue weighted by atomic mass is 19.1. The lowest BCUT2D eigenvalue weighted by Crippen LogP contribution is -2.26. The van der Waals surface area contributed by atoms with E-state index >= 15 is 0 Å². The minimum Gasteiger partial charge on any atom is -0.496 e. The van der Waals surface area contributed by atoms with Crippen molar-refractivity contribution in [2.75, 3.05) is 18.6 Å². The number of aromatic nitrogens is 1. The van der Waals surface area contributed by atoms with Gasteiger partial charge in [0.2, 0.25) is 5.91 Å². The van der Waals surface area contributed by atoms with E-state index in [2.05, 4.69) is 4.98 Å². The number of halogens is 1. The zero-order valence-electron chi connectivity index (χ0n) is 14.2. The monoisotopic (exact) mass is 352 g/mol. The highest BCUT2D eigenvalue weighted by Gasteiger charge is 2.35. The summed E-state index contributed by atoms with van der Waals surface area (Å²) in [7, 11) is 1.56. The number of benzene rings is 2. The Labute approximate surface area is 150 Å². The fraction of sp³-hybridized carbons (Fsp3) is 0.200. The van der Waals surface area contributed by atoms with Gasteiger partial charge in [0.25, 0.3) is 0 Å². The topological polar surface area (TPSA) is 55.6 Å². The largest absolute Gasteiger partial charge is 0.496 e. The standard InChI is InChI=1S/C20H17FN2O3/c1-25-18-10-13(6-7-16(18)19-11-22-12-26-19)23-9-8-15(20(23)24)14-4-2-3-5-17(14)21/h2-7,10-12,15H,8-9H2,1H3. The van der Waals surface area contributed by atoms with Crippen LogP contribution in [0.1, 0.15) is 17.9 Å². The van der Waals surface area contributed by atoms with Crippen molar-refractivity contribution in [1.82, 2.24) is 4.98 Å². The first-order valence-corrected chi connectivity index (χ1v) is 8.31. The van der Waals surface area contributed by atoms with Crippen LogP contribution in [0.3, 0.4) is 0 Å². The molecule has 1 unspecified atom stereocenters. The minimum absolute atomic E-state index is 0.107. The van der Waals surface area contributed by atoms with Crippen LogP contribution >= 0.6 is 0 Å². The second-order valence-corrected chi connectivity index (χ2v) is 6.10. The van der Waals surface area contributed by atoms with Gasteiger partial charge in [0.1, 0.15) is 11.6 Å². The number of carbonyl (C=O) groups excluding carboxylic acids is 1. The Hall–Kier alpha value is -3.15. The van der Waals surface area contributed by atoms with Gasteiger partial charge in [-0.1, -0.05) is 18.2 Å². The van der Waals surface area contributed by atoms with E-state index < -0.39 is 5.92 Å². The van der Waals surface area contributed by atoms with Crippen molar-refractivity contribution >= 4 is 11.6 Å². The van der Waals surface area contributed by atoms with Crippen LogP contribution in [0.5, 0.6) is 5.75 Å². The zero-order chi connectivity index (χ0) is 18.1. The maximum absolute atomic E-state index is 14.1. The molecule has 2 aromatic carbocycles. The third kappa shape index (κ3) is 2.73. The van der Waals surface area contributed by atoms with Crippen molar-refractivity contribution in [3.8, 4) is 17.1 Å². The number of oxazole rings is 1. The Morgan fingerprint density at radius 3 is 2.85 bits per heavy atom. The van der Waals surface area contributed by atoms with Gasteiger partial charge in [0, 0.05) is 23.9 Å². The van der Waals surface area contributed by atoms with Gasteiger partial charge in [-0.3, -0.25) is 4.79 Å². The molecular formula is C20H17FN2O3. The van der Waals surface area contributed by atoms with E-state index in [1.807, 2.05) is 12.1 Å². The van der Waals surface area contributed by atoms with Crippen LogP contribution in [0.4, 0.5) is 10.1 Å². The molecular weight excluding hydrogens is 335 g/mol. The number of nitrogens with zero attached hydrogens (tertiary/aromatic N) is 2. The van der Waals surface area contributed by atoms with Crippen LogP contribution in [-0.4, -0.2) is 24.5 Å². The molecule has 5 nitrogen and oxygen atoms in total. The fourth-order valence-corrected chi connectivity index (χ4v) is 3.38. The molecule has 3 aromatic rings. The number of anilines is 1. The van der Waals surface area contributed by atoms with Gasteiger partial charge in [-0.25, -0.2) is 9.37 Å². The molecule has 1 aliphatic heterocycles. The molecule has 4 rings (SSSR count). The van der Waals surface area contributed by atoms with Crippen molar-refractivity contribution in [3.63, 3.8) is 0 Å². The summed E-state index contributed by atoms with van der Waals surface area (Å²) in [4.78, 5) is 18.4. The maximum Gasteiger partial charge on any atom is 0.234 e. The lowest BCUT2D eigenvalue weighted by Gasteiger charge is -2.19. The van der Waals surface area contributed by atoms with Gasteiger partial charge < -0.3 is 14.1 Å². The van der Waals surface area contributed by atoms with E-state index in [4.69, 9.17) is 9.15 Å². The predicted octanol–water partition coefficient (Wildman–Crippen LogP) is 4.01. The van der Waals surface area contributed by atoms with Crippen molar-refractivity contribution < 1.29 is 18.3 Å². The molecule has 0 saturated carbocycles. The Morgan fingerprint density at radius 1 is 1.27 bits per heavy atom. The molecule has 0 bridgehead atoms. The lowest BCUT2D eigenvalue weighted by atomic mass is 9.97. The number of amides is 1. The lowest BCUT2D eigenvalue weighted by molar-refractivity contribution is -0.118. The van der Waals surface area contributed by atoms with Gasteiger partial charge in [-0.15, -0.1) is 0 Å². The molecule has 6 heteroatoms. The van der Waals surface area contributed by atoms with Gasteiger partial charge in [0.15, 0.2) is 12.2 Å². The zero-order valence-corrected chi connectivity index (χ0v) is 14.2. The highest BCUT2D eigenvalue weighted by molar-refractivity contribution is 6.00. The second kappa shape index (κ2) is 6.63. The molecule has 1 amide bonds. The summed E-state index contributed by atoms with van der Waals surface area (Å²) in [6.45, 7) is 0.530. The van der Waals surface area contributed by atoms with Gasteiger partial charge in [-0.2, -0.15) is 0 Å². The summed E-state index contributed by atoms with van der Waals surface area (Å²) in [5.41, 5.74) is 1.92. The first-order chi connectivity index (χ1) is 12.7. The third-order valence-corrected chi connectivity index (χ3v) is 4.68. The van der Waals surface area contributed by atoms with Crippen LogP contribution in [0.15, 0.2) is 59.5 Å². The summed E-state index contributed by atoms with van der Waals surface area (Å²) < 4.78 is 24.8. The quantitative estimate of drug-likeness (QED) is 0.712. The average Bonchev–Trinajstić information content (AvgIpc) is 3.32. The van der Waals surface area contributed by atoms with Crippen molar-refractivity contribution in [2.45, 2.75) is 12.3 Å². The van der Waals surface area contributed by atoms with E-state index in [9.17, 15) is 9.18 Å². The van der Waals surface area contributed by atoms with Gasteiger partial charge in [0.05, 0.1) is 24.8 Å². The number of rotatable bonds is 4. The summed E-state index contributed by atoms with van der Waals surface area (Å²) in [5.74, 6) is 0.262. The number of hydrogen-bond donors (Lipinski definition) is 0. The van der Waals surface area contributed by atoms with Gasteiger partial charge >= 0.3 is 0 Å². The fourth-order valence-electron chi connectivity index (χ4n) is 3.38. The summed E-state index contributed by atoms with van der Waals surface area (Å²) in [6.07, 6.45) is 3.53. The highest BCUT2D eigenvalue weighted by Crippen LogP contribution is 2.37. The van der Waals surface area contributed by atoms with Crippen LogP contribution in [-0.2, 0) is 4.79 Å². The molecule has 0 radical (unpaired) electrons. The van der Waals surface area contributed by atoms with Gasteiger partial charge in [-0.05, 0) is 24.6 Å². The molecule has 1 aliphatic rings. The van der Waals surface area contributed by atoms with Crippen LogP contribution in [0, 0.1) is 5.82 Å². The Bertz CT molecular complexity index is 940. The van der Waals surface area contributed by atoms with Crippen LogP contribution in [0.25, 0.3) is 11.3 Å². The summed E-state index contributed by atoms with van der Waals surface area (Å²) in [6, 6.07) is 11.9. The molecule has 132 valence electrons. The predicted molar refractivity (Wildman–Crippen MR) is 94.6 cm³/mol. The molecule has 26 heavy (non-hydrogen) atoms.